The van der Waals surface area contributed by atoms with Crippen LogP contribution in [0.25, 0.3) is 10.8 Å². The minimum absolute atomic E-state index is 0.00823. The van der Waals surface area contributed by atoms with Gasteiger partial charge in [-0.15, -0.1) is 16.4 Å². The smallest absolute Gasteiger partial charge is 0.248 e. The average Bonchev–Trinajstić information content (AvgIpc) is 3.02. The Kier molecular flexibility index (Phi) is 3.30. The topological polar surface area (TPSA) is 43.6 Å². The molecule has 0 aromatic carbocycles. The van der Waals surface area contributed by atoms with Crippen LogP contribution < -0.4 is 0 Å². The number of thiazole rings is 1. The van der Waals surface area contributed by atoms with Crippen molar-refractivity contribution in [2.24, 2.45) is 5.92 Å². The zero-order chi connectivity index (χ0) is 13.3. The van der Waals surface area contributed by atoms with E-state index in [0.717, 1.165) is 5.01 Å². The van der Waals surface area contributed by atoms with Crippen LogP contribution in [0.15, 0.2) is 17.9 Å². The van der Waals surface area contributed by atoms with E-state index in [-0.39, 0.29) is 18.8 Å². The molecule has 1 aliphatic rings. The first-order chi connectivity index (χ1) is 9.12. The van der Waals surface area contributed by atoms with Gasteiger partial charge < -0.3 is 0 Å². The zero-order valence-corrected chi connectivity index (χ0v) is 11.1. The first-order valence-electron chi connectivity index (χ1n) is 6.29. The summed E-state index contributed by atoms with van der Waals surface area (Å²) in [6, 6.07) is 0. The molecule has 0 N–H and O–H groups in total. The molecule has 0 unspecified atom stereocenters. The van der Waals surface area contributed by atoms with Crippen LogP contribution in [0.4, 0.5) is 8.78 Å². The molecule has 2 heterocycles. The lowest BCUT2D eigenvalue weighted by Crippen LogP contribution is -2.26. The molecular weight excluding hydrogens is 270 g/mol. The van der Waals surface area contributed by atoms with Gasteiger partial charge in [-0.3, -0.25) is 4.68 Å². The highest BCUT2D eigenvalue weighted by Gasteiger charge is 2.34. The largest absolute Gasteiger partial charge is 0.252 e. The van der Waals surface area contributed by atoms with E-state index >= 15 is 0 Å². The van der Waals surface area contributed by atoms with Crippen LogP contribution in [-0.2, 0) is 6.54 Å². The molecule has 1 saturated carbocycles. The molecule has 2 aromatic rings. The minimum Gasteiger partial charge on any atom is -0.252 e. The number of aromatic nitrogens is 4. The molecule has 2 aromatic heterocycles. The van der Waals surface area contributed by atoms with Gasteiger partial charge in [-0.05, 0) is 18.8 Å². The molecular formula is C12H14F2N4S. The van der Waals surface area contributed by atoms with E-state index in [9.17, 15) is 8.78 Å². The molecule has 0 saturated heterocycles. The Bertz CT molecular complexity index is 528. The SMILES string of the molecule is FC1(F)CCC(Cn2cnc(-c3nccs3)n2)CC1. The van der Waals surface area contributed by atoms with Crippen molar-refractivity contribution in [1.82, 2.24) is 19.7 Å². The summed E-state index contributed by atoms with van der Waals surface area (Å²) in [4.78, 5) is 8.35. The van der Waals surface area contributed by atoms with Gasteiger partial charge >= 0.3 is 0 Å². The van der Waals surface area contributed by atoms with Crippen molar-refractivity contribution >= 4 is 11.3 Å². The Hall–Kier alpha value is -1.37. The van der Waals surface area contributed by atoms with Crippen LogP contribution in [0.1, 0.15) is 25.7 Å². The lowest BCUT2D eigenvalue weighted by molar-refractivity contribution is -0.0476. The Morgan fingerprint density at radius 3 is 2.79 bits per heavy atom. The summed E-state index contributed by atoms with van der Waals surface area (Å²) < 4.78 is 27.9. The third-order valence-corrected chi connectivity index (χ3v) is 4.21. The van der Waals surface area contributed by atoms with Gasteiger partial charge in [0.25, 0.3) is 0 Å². The predicted molar refractivity (Wildman–Crippen MR) is 68.0 cm³/mol. The van der Waals surface area contributed by atoms with Crippen molar-refractivity contribution in [2.75, 3.05) is 0 Å². The molecule has 0 amide bonds. The quantitative estimate of drug-likeness (QED) is 0.869. The van der Waals surface area contributed by atoms with Crippen molar-refractivity contribution < 1.29 is 8.78 Å². The van der Waals surface area contributed by atoms with E-state index in [2.05, 4.69) is 15.1 Å². The molecule has 0 atom stereocenters. The highest BCUT2D eigenvalue weighted by atomic mass is 32.1. The van der Waals surface area contributed by atoms with Gasteiger partial charge in [0.05, 0.1) is 0 Å². The number of nitrogens with zero attached hydrogens (tertiary/aromatic N) is 4. The zero-order valence-electron chi connectivity index (χ0n) is 10.3. The number of halogens is 2. The predicted octanol–water partition coefficient (Wildman–Crippen LogP) is 3.23. The third kappa shape index (κ3) is 2.97. The van der Waals surface area contributed by atoms with Crippen LogP contribution >= 0.6 is 11.3 Å². The lowest BCUT2D eigenvalue weighted by Gasteiger charge is -2.27. The Morgan fingerprint density at radius 1 is 1.32 bits per heavy atom. The maximum Gasteiger partial charge on any atom is 0.248 e. The molecule has 7 heteroatoms. The summed E-state index contributed by atoms with van der Waals surface area (Å²) in [5.41, 5.74) is 0. The van der Waals surface area contributed by atoms with Crippen LogP contribution in [-0.4, -0.2) is 25.7 Å². The molecule has 0 radical (unpaired) electrons. The van der Waals surface area contributed by atoms with Gasteiger partial charge in [-0.25, -0.2) is 18.7 Å². The Balaban J connectivity index is 1.62. The van der Waals surface area contributed by atoms with Gasteiger partial charge in [0.2, 0.25) is 11.7 Å². The fraction of sp³-hybridized carbons (Fsp3) is 0.583. The van der Waals surface area contributed by atoms with Crippen molar-refractivity contribution in [3.63, 3.8) is 0 Å². The van der Waals surface area contributed by atoms with Gasteiger partial charge in [0.1, 0.15) is 6.33 Å². The average molecular weight is 284 g/mol. The second kappa shape index (κ2) is 4.96. The van der Waals surface area contributed by atoms with Crippen molar-refractivity contribution in [1.29, 1.82) is 0 Å². The highest BCUT2D eigenvalue weighted by molar-refractivity contribution is 7.12. The van der Waals surface area contributed by atoms with Crippen LogP contribution in [0.2, 0.25) is 0 Å². The first kappa shape index (κ1) is 12.7. The molecule has 0 bridgehead atoms. The maximum absolute atomic E-state index is 13.1. The van der Waals surface area contributed by atoms with Crippen LogP contribution in [0, 0.1) is 5.92 Å². The summed E-state index contributed by atoms with van der Waals surface area (Å²) in [6.45, 7) is 0.661. The van der Waals surface area contributed by atoms with Crippen molar-refractivity contribution in [2.45, 2.75) is 38.2 Å². The van der Waals surface area contributed by atoms with Crippen LogP contribution in [0.5, 0.6) is 0 Å². The molecule has 1 aliphatic carbocycles. The minimum atomic E-state index is -2.47. The molecule has 4 nitrogen and oxygen atoms in total. The molecule has 19 heavy (non-hydrogen) atoms. The normalized spacial score (nSPS) is 19.7. The Morgan fingerprint density at radius 2 is 2.11 bits per heavy atom. The molecule has 102 valence electrons. The van der Waals surface area contributed by atoms with E-state index in [1.165, 1.54) is 11.3 Å². The van der Waals surface area contributed by atoms with Crippen LogP contribution in [0.3, 0.4) is 0 Å². The van der Waals surface area contributed by atoms with E-state index < -0.39 is 5.92 Å². The van der Waals surface area contributed by atoms with Gasteiger partial charge in [0, 0.05) is 31.0 Å². The fourth-order valence-corrected chi connectivity index (χ4v) is 2.93. The number of hydrogen-bond donors (Lipinski definition) is 0. The second-order valence-electron chi connectivity index (χ2n) is 4.93. The molecule has 1 fully saturated rings. The second-order valence-corrected chi connectivity index (χ2v) is 5.82. The van der Waals surface area contributed by atoms with Gasteiger partial charge in [-0.2, -0.15) is 0 Å². The highest BCUT2D eigenvalue weighted by Crippen LogP contribution is 2.36. The summed E-state index contributed by atoms with van der Waals surface area (Å²) in [7, 11) is 0. The van der Waals surface area contributed by atoms with Crippen molar-refractivity contribution in [3.05, 3.63) is 17.9 Å². The lowest BCUT2D eigenvalue weighted by atomic mass is 9.87. The fourth-order valence-electron chi connectivity index (χ4n) is 2.36. The standard InChI is InChI=1S/C12H14F2N4S/c13-12(14)3-1-9(2-4-12)7-18-8-16-10(17-18)11-15-5-6-19-11/h5-6,8-9H,1-4,7H2. The summed E-state index contributed by atoms with van der Waals surface area (Å²) in [5, 5.41) is 7.01. The molecule has 0 spiro atoms. The van der Waals surface area contributed by atoms with E-state index in [1.807, 2.05) is 5.38 Å². The summed E-state index contributed by atoms with van der Waals surface area (Å²) >= 11 is 1.49. The Labute approximate surface area is 113 Å². The molecule has 0 aliphatic heterocycles. The number of rotatable bonds is 3. The van der Waals surface area contributed by atoms with E-state index in [1.54, 1.807) is 17.2 Å². The maximum atomic E-state index is 13.1. The first-order valence-corrected chi connectivity index (χ1v) is 7.17. The van der Waals surface area contributed by atoms with E-state index in [0.29, 0.717) is 25.2 Å². The number of alkyl halides is 2. The van der Waals surface area contributed by atoms with E-state index in [4.69, 9.17) is 0 Å². The van der Waals surface area contributed by atoms with Gasteiger partial charge in [0.15, 0.2) is 5.01 Å². The summed E-state index contributed by atoms with van der Waals surface area (Å²) in [6.07, 6.45) is 4.46. The third-order valence-electron chi connectivity index (χ3n) is 3.44. The summed E-state index contributed by atoms with van der Waals surface area (Å²) in [5.74, 6) is -1.59. The van der Waals surface area contributed by atoms with Gasteiger partial charge in [-0.1, -0.05) is 0 Å². The molecule has 3 rings (SSSR count). The number of hydrogen-bond acceptors (Lipinski definition) is 4. The monoisotopic (exact) mass is 284 g/mol. The van der Waals surface area contributed by atoms with Crippen molar-refractivity contribution in [3.8, 4) is 10.8 Å².